The van der Waals surface area contributed by atoms with Crippen molar-refractivity contribution in [2.45, 2.75) is 32.9 Å². The molecule has 1 N–H and O–H groups in total. The molecule has 0 aliphatic heterocycles. The van der Waals surface area contributed by atoms with Gasteiger partial charge in [-0.2, -0.15) is 0 Å². The third-order valence-electron chi connectivity index (χ3n) is 6.03. The van der Waals surface area contributed by atoms with E-state index in [-0.39, 0.29) is 12.5 Å². The van der Waals surface area contributed by atoms with E-state index in [2.05, 4.69) is 5.32 Å². The number of carbonyl (C=O) groups is 2. The number of nitrogens with zero attached hydrogens (tertiary/aromatic N) is 2. The number of nitrogens with one attached hydrogen (secondary N) is 1. The van der Waals surface area contributed by atoms with Crippen molar-refractivity contribution in [1.29, 1.82) is 0 Å². The fourth-order valence-electron chi connectivity index (χ4n) is 4.08. The first kappa shape index (κ1) is 26.9. The molecule has 0 heterocycles. The SMILES string of the molecule is CNC(=O)[C@H](Cc1ccccc1)N(Cc1ccccc1)C(=O)CN(c1cc(C)ccc1C)S(C)(=O)=O. The molecule has 0 spiro atoms. The minimum atomic E-state index is -3.78. The molecule has 2 amide bonds. The van der Waals surface area contributed by atoms with Gasteiger partial charge in [-0.25, -0.2) is 8.42 Å². The van der Waals surface area contributed by atoms with Gasteiger partial charge >= 0.3 is 0 Å². The molecule has 3 aromatic carbocycles. The Labute approximate surface area is 213 Å². The molecular weight excluding hydrogens is 474 g/mol. The largest absolute Gasteiger partial charge is 0.357 e. The highest BCUT2D eigenvalue weighted by atomic mass is 32.2. The smallest absolute Gasteiger partial charge is 0.244 e. The van der Waals surface area contributed by atoms with E-state index >= 15 is 0 Å². The summed E-state index contributed by atoms with van der Waals surface area (Å²) < 4.78 is 26.8. The molecule has 190 valence electrons. The predicted octanol–water partition coefficient (Wildman–Crippen LogP) is 3.46. The number of carbonyl (C=O) groups excluding carboxylic acids is 2. The van der Waals surface area contributed by atoms with Crippen molar-refractivity contribution >= 4 is 27.5 Å². The van der Waals surface area contributed by atoms with Crippen LogP contribution < -0.4 is 9.62 Å². The Morgan fingerprint density at radius 3 is 2.03 bits per heavy atom. The van der Waals surface area contributed by atoms with Crippen LogP contribution >= 0.6 is 0 Å². The third-order valence-corrected chi connectivity index (χ3v) is 7.15. The average molecular weight is 508 g/mol. The lowest BCUT2D eigenvalue weighted by Gasteiger charge is -2.33. The van der Waals surface area contributed by atoms with E-state index in [0.29, 0.717) is 12.1 Å². The summed E-state index contributed by atoms with van der Waals surface area (Å²) in [7, 11) is -2.25. The molecule has 8 heteroatoms. The van der Waals surface area contributed by atoms with E-state index in [0.717, 1.165) is 32.8 Å². The fourth-order valence-corrected chi connectivity index (χ4v) is 4.98. The van der Waals surface area contributed by atoms with Gasteiger partial charge in [-0.15, -0.1) is 0 Å². The van der Waals surface area contributed by atoms with Gasteiger partial charge in [-0.3, -0.25) is 13.9 Å². The number of hydrogen-bond acceptors (Lipinski definition) is 4. The fraction of sp³-hybridized carbons (Fsp3) is 0.286. The van der Waals surface area contributed by atoms with E-state index in [9.17, 15) is 18.0 Å². The van der Waals surface area contributed by atoms with Crippen molar-refractivity contribution in [2.24, 2.45) is 0 Å². The molecule has 0 aliphatic rings. The van der Waals surface area contributed by atoms with Crippen LogP contribution in [0.2, 0.25) is 0 Å². The van der Waals surface area contributed by atoms with Gasteiger partial charge in [0, 0.05) is 20.0 Å². The van der Waals surface area contributed by atoms with Crippen molar-refractivity contribution < 1.29 is 18.0 Å². The quantitative estimate of drug-likeness (QED) is 0.455. The van der Waals surface area contributed by atoms with Gasteiger partial charge in [0.15, 0.2) is 0 Å². The Balaban J connectivity index is 2.03. The molecule has 0 unspecified atom stereocenters. The lowest BCUT2D eigenvalue weighted by Crippen LogP contribution is -2.53. The number of aryl methyl sites for hydroxylation is 2. The van der Waals surface area contributed by atoms with Crippen molar-refractivity contribution in [1.82, 2.24) is 10.2 Å². The van der Waals surface area contributed by atoms with Crippen LogP contribution in [0.25, 0.3) is 0 Å². The summed E-state index contributed by atoms with van der Waals surface area (Å²) in [5.74, 6) is -0.782. The normalized spacial score (nSPS) is 12.0. The Morgan fingerprint density at radius 2 is 1.47 bits per heavy atom. The first-order chi connectivity index (χ1) is 17.1. The molecular formula is C28H33N3O4S. The maximum atomic E-state index is 13.9. The minimum absolute atomic E-state index is 0.162. The van der Waals surface area contributed by atoms with Crippen LogP contribution in [-0.4, -0.2) is 51.0 Å². The standard InChI is InChI=1S/C28H33N3O4S/c1-21-15-16-22(2)25(17-21)31(36(4,34)35)20-27(32)30(19-24-13-9-6-10-14-24)26(28(33)29-3)18-23-11-7-5-8-12-23/h5-17,26H,18-20H2,1-4H3,(H,29,33)/t26-/m0/s1. The number of sulfonamides is 1. The van der Waals surface area contributed by atoms with Crippen LogP contribution in [0.15, 0.2) is 78.9 Å². The number of hydrogen-bond donors (Lipinski definition) is 1. The summed E-state index contributed by atoms with van der Waals surface area (Å²) >= 11 is 0. The predicted molar refractivity (Wildman–Crippen MR) is 143 cm³/mol. The molecule has 0 aromatic heterocycles. The van der Waals surface area contributed by atoms with Gasteiger partial charge < -0.3 is 10.2 Å². The van der Waals surface area contributed by atoms with E-state index in [1.54, 1.807) is 6.07 Å². The van der Waals surface area contributed by atoms with E-state index in [1.807, 2.05) is 86.6 Å². The summed E-state index contributed by atoms with van der Waals surface area (Å²) in [5, 5.41) is 2.67. The van der Waals surface area contributed by atoms with Gasteiger partial charge in [-0.05, 0) is 42.2 Å². The number of anilines is 1. The summed E-state index contributed by atoms with van der Waals surface area (Å²) in [5.41, 5.74) is 3.80. The minimum Gasteiger partial charge on any atom is -0.357 e. The van der Waals surface area contributed by atoms with E-state index in [1.165, 1.54) is 11.9 Å². The zero-order valence-electron chi connectivity index (χ0n) is 21.1. The molecule has 0 saturated heterocycles. The summed E-state index contributed by atoms with van der Waals surface area (Å²) in [4.78, 5) is 28.4. The first-order valence-corrected chi connectivity index (χ1v) is 13.6. The van der Waals surface area contributed by atoms with Gasteiger partial charge in [0.2, 0.25) is 21.8 Å². The molecule has 3 rings (SSSR count). The monoisotopic (exact) mass is 507 g/mol. The topological polar surface area (TPSA) is 86.8 Å². The molecule has 3 aromatic rings. The number of rotatable bonds is 10. The van der Waals surface area contributed by atoms with Crippen molar-refractivity contribution in [3.8, 4) is 0 Å². The van der Waals surface area contributed by atoms with Gasteiger partial charge in [0.25, 0.3) is 0 Å². The first-order valence-electron chi connectivity index (χ1n) is 11.7. The highest BCUT2D eigenvalue weighted by Crippen LogP contribution is 2.25. The molecule has 7 nitrogen and oxygen atoms in total. The van der Waals surface area contributed by atoms with Gasteiger partial charge in [0.05, 0.1) is 11.9 Å². The highest BCUT2D eigenvalue weighted by molar-refractivity contribution is 7.92. The Hall–Kier alpha value is -3.65. The molecule has 0 bridgehead atoms. The highest BCUT2D eigenvalue weighted by Gasteiger charge is 2.32. The Morgan fingerprint density at radius 1 is 0.889 bits per heavy atom. The van der Waals surface area contributed by atoms with Crippen LogP contribution in [0.1, 0.15) is 22.3 Å². The lowest BCUT2D eigenvalue weighted by atomic mass is 10.0. The molecule has 0 saturated carbocycles. The molecule has 0 aliphatic carbocycles. The second-order valence-corrected chi connectivity index (χ2v) is 10.8. The van der Waals surface area contributed by atoms with Gasteiger partial charge in [0.1, 0.15) is 12.6 Å². The molecule has 36 heavy (non-hydrogen) atoms. The molecule has 1 atom stereocenters. The van der Waals surface area contributed by atoms with Crippen LogP contribution in [0.4, 0.5) is 5.69 Å². The average Bonchev–Trinajstić information content (AvgIpc) is 2.86. The maximum absolute atomic E-state index is 13.9. The van der Waals surface area contributed by atoms with Crippen molar-refractivity contribution in [3.63, 3.8) is 0 Å². The lowest BCUT2D eigenvalue weighted by molar-refractivity contribution is -0.139. The van der Waals surface area contributed by atoms with Crippen molar-refractivity contribution in [3.05, 3.63) is 101 Å². The molecule has 0 radical (unpaired) electrons. The van der Waals surface area contributed by atoms with Crippen LogP contribution in [0.3, 0.4) is 0 Å². The number of benzene rings is 3. The van der Waals surface area contributed by atoms with Crippen LogP contribution in [-0.2, 0) is 32.6 Å². The van der Waals surface area contributed by atoms with Gasteiger partial charge in [-0.1, -0.05) is 72.8 Å². The van der Waals surface area contributed by atoms with E-state index < -0.39 is 28.5 Å². The van der Waals surface area contributed by atoms with Crippen LogP contribution in [0.5, 0.6) is 0 Å². The Bertz CT molecular complexity index is 1290. The number of amides is 2. The number of likely N-dealkylation sites (N-methyl/N-ethyl adjacent to an activating group) is 1. The van der Waals surface area contributed by atoms with E-state index in [4.69, 9.17) is 0 Å². The second-order valence-electron chi connectivity index (χ2n) is 8.89. The summed E-state index contributed by atoms with van der Waals surface area (Å²) in [6.45, 7) is 3.42. The third kappa shape index (κ3) is 6.95. The second kappa shape index (κ2) is 11.9. The Kier molecular flexibility index (Phi) is 8.88. The maximum Gasteiger partial charge on any atom is 0.244 e. The zero-order chi connectivity index (χ0) is 26.3. The zero-order valence-corrected chi connectivity index (χ0v) is 22.0. The molecule has 0 fully saturated rings. The van der Waals surface area contributed by atoms with Crippen molar-refractivity contribution in [2.75, 3.05) is 24.2 Å². The van der Waals surface area contributed by atoms with Crippen LogP contribution in [0, 0.1) is 13.8 Å². The summed E-state index contributed by atoms with van der Waals surface area (Å²) in [6.07, 6.45) is 1.38. The summed E-state index contributed by atoms with van der Waals surface area (Å²) in [6, 6.07) is 23.5.